The zero-order chi connectivity index (χ0) is 26.3. The van der Waals surface area contributed by atoms with Crippen molar-refractivity contribution in [1.82, 2.24) is 0 Å². The van der Waals surface area contributed by atoms with E-state index < -0.39 is 0 Å². The van der Waals surface area contributed by atoms with Crippen molar-refractivity contribution in [3.63, 3.8) is 0 Å². The molecule has 190 valence electrons. The van der Waals surface area contributed by atoms with Gasteiger partial charge in [-0.05, 0) is 86.2 Å². The number of hydrogen-bond donors (Lipinski definition) is 0. The lowest BCUT2D eigenvalue weighted by molar-refractivity contribution is 0.590. The molecule has 0 nitrogen and oxygen atoms in total. The van der Waals surface area contributed by atoms with E-state index in [1.54, 1.807) is 11.1 Å². The molecule has 3 aromatic rings. The summed E-state index contributed by atoms with van der Waals surface area (Å²) in [6, 6.07) is 23.5. The predicted molar refractivity (Wildman–Crippen MR) is 160 cm³/mol. The molecule has 0 heteroatoms. The molecule has 0 heterocycles. The molecular formula is C36H46. The molecule has 36 heavy (non-hydrogen) atoms. The van der Waals surface area contributed by atoms with Gasteiger partial charge in [0, 0.05) is 0 Å². The van der Waals surface area contributed by atoms with Gasteiger partial charge in [-0.15, -0.1) is 0 Å². The Morgan fingerprint density at radius 1 is 0.611 bits per heavy atom. The van der Waals surface area contributed by atoms with Crippen molar-refractivity contribution >= 4 is 11.1 Å². The molecule has 1 aliphatic rings. The number of benzene rings is 3. The van der Waals surface area contributed by atoms with E-state index in [1.807, 2.05) is 0 Å². The van der Waals surface area contributed by atoms with Gasteiger partial charge in [0.05, 0.1) is 0 Å². The van der Waals surface area contributed by atoms with Gasteiger partial charge in [-0.1, -0.05) is 134 Å². The molecule has 0 spiro atoms. The maximum Gasteiger partial charge on any atom is -0.0105 e. The second-order valence-electron chi connectivity index (χ2n) is 12.8. The maximum absolute atomic E-state index is 2.44. The summed E-state index contributed by atoms with van der Waals surface area (Å²) in [5.41, 5.74) is 11.8. The lowest BCUT2D eigenvalue weighted by Gasteiger charge is -2.21. The molecule has 1 atom stereocenters. The summed E-state index contributed by atoms with van der Waals surface area (Å²) in [4.78, 5) is 0. The maximum atomic E-state index is 2.44. The molecule has 0 aliphatic heterocycles. The molecule has 0 aromatic heterocycles. The van der Waals surface area contributed by atoms with E-state index >= 15 is 0 Å². The molecule has 1 aliphatic carbocycles. The molecule has 0 saturated carbocycles. The van der Waals surface area contributed by atoms with Crippen LogP contribution >= 0.6 is 0 Å². The largest absolute Gasteiger partial charge is 0.0620 e. The summed E-state index contributed by atoms with van der Waals surface area (Å²) in [5, 5.41) is 3.03. The van der Waals surface area contributed by atoms with Crippen molar-refractivity contribution in [2.24, 2.45) is 5.92 Å². The summed E-state index contributed by atoms with van der Waals surface area (Å²) in [7, 11) is 0. The quantitative estimate of drug-likeness (QED) is 0.350. The van der Waals surface area contributed by atoms with Crippen LogP contribution in [0, 0.1) is 5.92 Å². The van der Waals surface area contributed by atoms with Gasteiger partial charge in [0.15, 0.2) is 0 Å². The van der Waals surface area contributed by atoms with E-state index in [2.05, 4.69) is 123 Å². The Labute approximate surface area is 220 Å². The van der Waals surface area contributed by atoms with Crippen molar-refractivity contribution in [2.75, 3.05) is 0 Å². The summed E-state index contributed by atoms with van der Waals surface area (Å²) >= 11 is 0. The van der Waals surface area contributed by atoms with Gasteiger partial charge < -0.3 is 0 Å². The normalized spacial score (nSPS) is 16.6. The predicted octanol–water partition coefficient (Wildman–Crippen LogP) is 9.17. The highest BCUT2D eigenvalue weighted by atomic mass is 14.3. The zero-order valence-corrected chi connectivity index (χ0v) is 24.2. The molecule has 0 radical (unpaired) electrons. The fourth-order valence-electron chi connectivity index (χ4n) is 5.90. The van der Waals surface area contributed by atoms with Gasteiger partial charge in [-0.2, -0.15) is 0 Å². The van der Waals surface area contributed by atoms with E-state index in [0.29, 0.717) is 5.92 Å². The number of fused-ring (bicyclic) bond motifs is 1. The fraction of sp³-hybridized carbons (Fsp3) is 0.444. The van der Waals surface area contributed by atoms with Crippen LogP contribution in [-0.2, 0) is 10.8 Å². The first-order valence-electron chi connectivity index (χ1n) is 14.1. The molecule has 4 rings (SSSR count). The molecule has 0 N–H and O–H groups in total. The second-order valence-corrected chi connectivity index (χ2v) is 12.8. The lowest BCUT2D eigenvalue weighted by atomic mass is 9.84. The summed E-state index contributed by atoms with van der Waals surface area (Å²) in [6.45, 7) is 20.9. The monoisotopic (exact) mass is 478 g/mol. The topological polar surface area (TPSA) is 0 Å². The first kappa shape index (κ1) is 26.5. The first-order chi connectivity index (χ1) is 17.0. The molecule has 0 fully saturated rings. The minimum atomic E-state index is 0.164. The van der Waals surface area contributed by atoms with Crippen LogP contribution in [0.25, 0.3) is 33.4 Å². The van der Waals surface area contributed by atoms with Crippen LogP contribution in [0.15, 0.2) is 60.7 Å². The van der Waals surface area contributed by atoms with Crippen molar-refractivity contribution < 1.29 is 0 Å². The lowest BCUT2D eigenvalue weighted by Crippen LogP contribution is -2.33. The van der Waals surface area contributed by atoms with Gasteiger partial charge in [-0.25, -0.2) is 0 Å². The third-order valence-electron chi connectivity index (χ3n) is 8.29. The Kier molecular flexibility index (Phi) is 7.38. The third kappa shape index (κ3) is 5.10. The molecule has 1 unspecified atom stereocenters. The standard InChI is InChI=1S/C36H46/c1-10-25-13-12-24(3)30(11-2)34-32(27-16-20-29(21-17-27)36(7,8)9)23-22-31(33(25)34)26-14-18-28(19-15-26)35(4,5)6/h14-24H,10-13H2,1-9H3. The molecular weight excluding hydrogens is 432 g/mol. The molecule has 0 amide bonds. The Morgan fingerprint density at radius 2 is 1.06 bits per heavy atom. The van der Waals surface area contributed by atoms with E-state index in [9.17, 15) is 0 Å². The van der Waals surface area contributed by atoms with Crippen LogP contribution in [0.4, 0.5) is 0 Å². The number of rotatable bonds is 4. The zero-order valence-electron chi connectivity index (χ0n) is 24.2. The van der Waals surface area contributed by atoms with E-state index in [-0.39, 0.29) is 10.8 Å². The van der Waals surface area contributed by atoms with Gasteiger partial charge >= 0.3 is 0 Å². The van der Waals surface area contributed by atoms with Crippen molar-refractivity contribution in [2.45, 2.75) is 98.8 Å². The summed E-state index contributed by atoms with van der Waals surface area (Å²) in [5.74, 6) is 0.601. The van der Waals surface area contributed by atoms with Crippen LogP contribution < -0.4 is 10.4 Å². The number of hydrogen-bond acceptors (Lipinski definition) is 0. The Bertz CT molecular complexity index is 1330. The Morgan fingerprint density at radius 3 is 1.44 bits per heavy atom. The van der Waals surface area contributed by atoms with Crippen LogP contribution in [-0.4, -0.2) is 0 Å². The van der Waals surface area contributed by atoms with E-state index in [4.69, 9.17) is 0 Å². The van der Waals surface area contributed by atoms with E-state index in [0.717, 1.165) is 12.8 Å². The summed E-state index contributed by atoms with van der Waals surface area (Å²) < 4.78 is 0. The first-order valence-corrected chi connectivity index (χ1v) is 14.1. The smallest absolute Gasteiger partial charge is 0.0105 e. The second kappa shape index (κ2) is 10.0. The Hall–Kier alpha value is -2.60. The molecule has 3 aromatic carbocycles. The highest BCUT2D eigenvalue weighted by Crippen LogP contribution is 2.31. The highest BCUT2D eigenvalue weighted by Gasteiger charge is 2.21. The minimum absolute atomic E-state index is 0.164. The van der Waals surface area contributed by atoms with Crippen molar-refractivity contribution in [1.29, 1.82) is 0 Å². The molecule has 0 bridgehead atoms. The van der Waals surface area contributed by atoms with Crippen LogP contribution in [0.1, 0.15) is 99.1 Å². The van der Waals surface area contributed by atoms with E-state index in [1.165, 1.54) is 56.7 Å². The Balaban J connectivity index is 2.06. The highest BCUT2D eigenvalue weighted by molar-refractivity contribution is 5.78. The summed E-state index contributed by atoms with van der Waals surface area (Å²) in [6.07, 6.45) is 4.64. The fourth-order valence-corrected chi connectivity index (χ4v) is 5.90. The third-order valence-corrected chi connectivity index (χ3v) is 8.29. The van der Waals surface area contributed by atoms with Crippen molar-refractivity contribution in [3.8, 4) is 22.3 Å². The van der Waals surface area contributed by atoms with Gasteiger partial charge in [0.25, 0.3) is 0 Å². The van der Waals surface area contributed by atoms with Gasteiger partial charge in [-0.3, -0.25) is 0 Å². The minimum Gasteiger partial charge on any atom is -0.0620 e. The van der Waals surface area contributed by atoms with Gasteiger partial charge in [0.2, 0.25) is 0 Å². The van der Waals surface area contributed by atoms with Crippen LogP contribution in [0.3, 0.4) is 0 Å². The van der Waals surface area contributed by atoms with Crippen LogP contribution in [0.5, 0.6) is 0 Å². The molecule has 0 saturated heterocycles. The average molecular weight is 479 g/mol. The van der Waals surface area contributed by atoms with Gasteiger partial charge in [0.1, 0.15) is 0 Å². The average Bonchev–Trinajstić information content (AvgIpc) is 2.98. The SMILES string of the molecule is CCC1=c2c(-c3ccc(C(C)(C)C)cc3)ccc(-c3ccc(C(C)(C)C)cc3)c2=C(CC)C(C)CC1. The van der Waals surface area contributed by atoms with Crippen molar-refractivity contribution in [3.05, 3.63) is 82.2 Å². The van der Waals surface area contributed by atoms with Crippen LogP contribution in [0.2, 0.25) is 0 Å².